The van der Waals surface area contributed by atoms with Crippen molar-refractivity contribution in [2.45, 2.75) is 83.0 Å². The van der Waals surface area contributed by atoms with Crippen LogP contribution in [0.5, 0.6) is 0 Å². The third-order valence-electron chi connectivity index (χ3n) is 4.01. The van der Waals surface area contributed by atoms with E-state index >= 15 is 0 Å². The van der Waals surface area contributed by atoms with Crippen LogP contribution >= 0.6 is 0 Å². The van der Waals surface area contributed by atoms with E-state index in [1.165, 1.54) is 57.8 Å². The highest BCUT2D eigenvalue weighted by molar-refractivity contribution is 4.87. The van der Waals surface area contributed by atoms with E-state index in [2.05, 4.69) is 6.92 Å². The number of ether oxygens (including phenoxy) is 3. The van der Waals surface area contributed by atoms with Gasteiger partial charge in [-0.2, -0.15) is 0 Å². The summed E-state index contributed by atoms with van der Waals surface area (Å²) in [5.41, 5.74) is 0. The van der Waals surface area contributed by atoms with Crippen LogP contribution < -0.4 is 0 Å². The highest BCUT2D eigenvalue weighted by Crippen LogP contribution is 2.35. The number of hydrogen-bond acceptors (Lipinski definition) is 3. The maximum Gasteiger partial charge on any atom is 0.104 e. The van der Waals surface area contributed by atoms with Crippen LogP contribution in [0.2, 0.25) is 0 Å². The molecule has 3 rings (SSSR count). The predicted octanol–water partition coefficient (Wildman–Crippen LogP) is 3.70. The first kappa shape index (κ1) is 15.3. The van der Waals surface area contributed by atoms with Crippen molar-refractivity contribution < 1.29 is 14.2 Å². The van der Waals surface area contributed by atoms with Gasteiger partial charge in [0.1, 0.15) is 6.10 Å². The molecule has 0 aromatic heterocycles. The van der Waals surface area contributed by atoms with Crippen LogP contribution in [0.15, 0.2) is 0 Å². The zero-order valence-corrected chi connectivity index (χ0v) is 12.4. The average molecular weight is 270 g/mol. The molecule has 0 bridgehead atoms. The highest BCUT2D eigenvalue weighted by atomic mass is 16.6. The van der Waals surface area contributed by atoms with E-state index in [1.807, 2.05) is 0 Å². The molecule has 112 valence electrons. The molecule has 1 aliphatic carbocycles. The number of rotatable bonds is 8. The fourth-order valence-corrected chi connectivity index (χ4v) is 2.56. The van der Waals surface area contributed by atoms with E-state index < -0.39 is 0 Å². The second-order valence-electron chi connectivity index (χ2n) is 5.94. The lowest BCUT2D eigenvalue weighted by atomic mass is 10.0. The van der Waals surface area contributed by atoms with E-state index in [-0.39, 0.29) is 0 Å². The van der Waals surface area contributed by atoms with Crippen molar-refractivity contribution >= 4 is 0 Å². The normalized spacial score (nSPS) is 31.1. The molecule has 3 heteroatoms. The van der Waals surface area contributed by atoms with Gasteiger partial charge in [0.15, 0.2) is 0 Å². The predicted molar refractivity (Wildman–Crippen MR) is 76.4 cm³/mol. The van der Waals surface area contributed by atoms with E-state index in [9.17, 15) is 0 Å². The molecule has 3 unspecified atom stereocenters. The van der Waals surface area contributed by atoms with Crippen molar-refractivity contribution in [3.63, 3.8) is 0 Å². The molecular weight excluding hydrogens is 240 g/mol. The third-order valence-corrected chi connectivity index (χ3v) is 4.01. The molecule has 2 heterocycles. The highest BCUT2D eigenvalue weighted by Gasteiger charge is 2.39. The molecular formula is C16H30O3. The Morgan fingerprint density at radius 2 is 1.68 bits per heavy atom. The summed E-state index contributed by atoms with van der Waals surface area (Å²) in [4.78, 5) is 0. The maximum absolute atomic E-state index is 5.41. The minimum atomic E-state index is 0.431. The maximum atomic E-state index is 5.41. The van der Waals surface area contributed by atoms with Gasteiger partial charge in [0.25, 0.3) is 0 Å². The number of unbranched alkanes of at least 4 members (excludes halogenated alkanes) is 4. The van der Waals surface area contributed by atoms with Crippen molar-refractivity contribution in [3.05, 3.63) is 0 Å². The Balaban J connectivity index is 0.000000159. The molecule has 3 fully saturated rings. The first-order valence-corrected chi connectivity index (χ1v) is 8.25. The molecule has 3 nitrogen and oxygen atoms in total. The van der Waals surface area contributed by atoms with E-state index in [4.69, 9.17) is 14.2 Å². The van der Waals surface area contributed by atoms with Gasteiger partial charge in [-0.3, -0.25) is 0 Å². The summed E-state index contributed by atoms with van der Waals surface area (Å²) in [6.07, 6.45) is 13.9. The van der Waals surface area contributed by atoms with Gasteiger partial charge in [-0.05, 0) is 19.3 Å². The van der Waals surface area contributed by atoms with Crippen LogP contribution in [-0.2, 0) is 14.2 Å². The van der Waals surface area contributed by atoms with Crippen molar-refractivity contribution in [1.29, 1.82) is 0 Å². The zero-order chi connectivity index (χ0) is 13.3. The number of hydrogen-bond donors (Lipinski definition) is 0. The molecule has 0 radical (unpaired) electrons. The fraction of sp³-hybridized carbons (Fsp3) is 1.00. The molecule has 1 saturated carbocycles. The Kier molecular flexibility index (Phi) is 7.18. The van der Waals surface area contributed by atoms with Gasteiger partial charge in [0.05, 0.1) is 25.4 Å². The molecule has 0 N–H and O–H groups in total. The smallest absolute Gasteiger partial charge is 0.104 e. The Hall–Kier alpha value is -0.120. The fourth-order valence-electron chi connectivity index (χ4n) is 2.56. The standard InChI is InChI=1S/C10H20O2.C6H10O/c1-2-3-4-5-6-7-11-8-10-9-12-10;1-2-4-6-5(3-1)7-6/h10H,2-9H2,1H3;5-6H,1-4H2. The summed E-state index contributed by atoms with van der Waals surface area (Å²) in [6, 6.07) is 0. The van der Waals surface area contributed by atoms with E-state index in [1.54, 1.807) is 0 Å². The third kappa shape index (κ3) is 7.28. The quantitative estimate of drug-likeness (QED) is 0.498. The molecule has 2 aliphatic heterocycles. The molecule has 0 spiro atoms. The Morgan fingerprint density at radius 1 is 1.00 bits per heavy atom. The average Bonchev–Trinajstić information content (AvgIpc) is 3.32. The number of fused-ring (bicyclic) bond motifs is 1. The van der Waals surface area contributed by atoms with Gasteiger partial charge in [-0.15, -0.1) is 0 Å². The minimum Gasteiger partial charge on any atom is -0.379 e. The lowest BCUT2D eigenvalue weighted by Crippen LogP contribution is -2.02. The largest absolute Gasteiger partial charge is 0.379 e. The van der Waals surface area contributed by atoms with Crippen LogP contribution in [0, 0.1) is 0 Å². The van der Waals surface area contributed by atoms with Crippen molar-refractivity contribution in [2.75, 3.05) is 19.8 Å². The van der Waals surface area contributed by atoms with Crippen LogP contribution in [0.25, 0.3) is 0 Å². The van der Waals surface area contributed by atoms with E-state index in [0.717, 1.165) is 19.8 Å². The van der Waals surface area contributed by atoms with Crippen molar-refractivity contribution in [2.24, 2.45) is 0 Å². The lowest BCUT2D eigenvalue weighted by molar-refractivity contribution is 0.113. The Labute approximate surface area is 118 Å². The summed E-state index contributed by atoms with van der Waals surface area (Å²) < 4.78 is 15.7. The topological polar surface area (TPSA) is 34.3 Å². The van der Waals surface area contributed by atoms with Gasteiger partial charge in [0, 0.05) is 6.61 Å². The first-order valence-electron chi connectivity index (χ1n) is 8.25. The van der Waals surface area contributed by atoms with Crippen LogP contribution in [-0.4, -0.2) is 38.1 Å². The van der Waals surface area contributed by atoms with Gasteiger partial charge < -0.3 is 14.2 Å². The SMILES string of the molecule is C1CCC2OC2C1.CCCCCCCOCC1CO1. The lowest BCUT2D eigenvalue weighted by Gasteiger charge is -2.01. The van der Waals surface area contributed by atoms with Gasteiger partial charge in [0.2, 0.25) is 0 Å². The summed E-state index contributed by atoms with van der Waals surface area (Å²) in [7, 11) is 0. The van der Waals surface area contributed by atoms with Crippen LogP contribution in [0.3, 0.4) is 0 Å². The summed E-state index contributed by atoms with van der Waals surface area (Å²) >= 11 is 0. The molecule has 3 aliphatic rings. The van der Waals surface area contributed by atoms with E-state index in [0.29, 0.717) is 18.3 Å². The minimum absolute atomic E-state index is 0.431. The molecule has 19 heavy (non-hydrogen) atoms. The summed E-state index contributed by atoms with van der Waals surface area (Å²) in [5.74, 6) is 0. The van der Waals surface area contributed by atoms with Crippen LogP contribution in [0.4, 0.5) is 0 Å². The molecule has 0 amide bonds. The first-order chi connectivity index (χ1) is 9.40. The Morgan fingerprint density at radius 3 is 2.26 bits per heavy atom. The van der Waals surface area contributed by atoms with Gasteiger partial charge in [-0.25, -0.2) is 0 Å². The van der Waals surface area contributed by atoms with Gasteiger partial charge >= 0.3 is 0 Å². The Bertz CT molecular complexity index is 218. The van der Waals surface area contributed by atoms with Crippen molar-refractivity contribution in [1.82, 2.24) is 0 Å². The molecule has 2 saturated heterocycles. The number of epoxide rings is 2. The second-order valence-corrected chi connectivity index (χ2v) is 5.94. The van der Waals surface area contributed by atoms with Gasteiger partial charge in [-0.1, -0.05) is 45.4 Å². The monoisotopic (exact) mass is 270 g/mol. The van der Waals surface area contributed by atoms with Crippen molar-refractivity contribution in [3.8, 4) is 0 Å². The summed E-state index contributed by atoms with van der Waals surface area (Å²) in [5, 5.41) is 0. The second kappa shape index (κ2) is 8.93. The summed E-state index contributed by atoms with van der Waals surface area (Å²) in [6.45, 7) is 4.88. The molecule has 0 aromatic carbocycles. The van der Waals surface area contributed by atoms with Crippen LogP contribution in [0.1, 0.15) is 64.7 Å². The molecule has 3 atom stereocenters. The zero-order valence-electron chi connectivity index (χ0n) is 12.4. The molecule has 0 aromatic rings.